The first-order chi connectivity index (χ1) is 6.56. The Balaban J connectivity index is 2.99. The van der Waals surface area contributed by atoms with Gasteiger partial charge in [-0.15, -0.1) is 0 Å². The molecule has 0 unspecified atom stereocenters. The lowest BCUT2D eigenvalue weighted by atomic mass is 10.0. The lowest BCUT2D eigenvalue weighted by molar-refractivity contribution is 0.140. The summed E-state index contributed by atoms with van der Waals surface area (Å²) in [5.41, 5.74) is 6.72. The lowest BCUT2D eigenvalue weighted by Gasteiger charge is -2.19. The van der Waals surface area contributed by atoms with E-state index in [1.54, 1.807) is 12.1 Å². The Morgan fingerprint density at radius 1 is 1.57 bits per heavy atom. The smallest absolute Gasteiger partial charge is 0.0730 e. The number of hydrogen-bond acceptors (Lipinski definition) is 2. The maximum absolute atomic E-state index is 9.61. The van der Waals surface area contributed by atoms with E-state index in [4.69, 9.17) is 17.3 Å². The van der Waals surface area contributed by atoms with Crippen molar-refractivity contribution in [2.24, 2.45) is 5.73 Å². The van der Waals surface area contributed by atoms with Crippen LogP contribution in [0.1, 0.15) is 24.9 Å². The highest BCUT2D eigenvalue weighted by Gasteiger charge is 2.17. The maximum Gasteiger partial charge on any atom is 0.0730 e. The summed E-state index contributed by atoms with van der Waals surface area (Å²) in [6.45, 7) is 1.89. The zero-order valence-electron chi connectivity index (χ0n) is 7.87. The molecule has 0 heterocycles. The van der Waals surface area contributed by atoms with Gasteiger partial charge in [0.05, 0.1) is 12.1 Å². The second-order valence-electron chi connectivity index (χ2n) is 3.17. The van der Waals surface area contributed by atoms with Crippen LogP contribution in [0.5, 0.6) is 0 Å². The normalized spacial score (nSPS) is 15.2. The predicted octanol–water partition coefficient (Wildman–Crippen LogP) is 2.87. The topological polar surface area (TPSA) is 46.2 Å². The molecule has 0 saturated carbocycles. The molecule has 0 saturated heterocycles. The molecular formula is C10H13BrClNO. The molecule has 0 amide bonds. The number of nitrogens with two attached hydrogens (primary N) is 1. The van der Waals surface area contributed by atoms with Crippen molar-refractivity contribution in [1.82, 2.24) is 0 Å². The van der Waals surface area contributed by atoms with E-state index in [1.807, 2.05) is 13.0 Å². The van der Waals surface area contributed by atoms with Gasteiger partial charge in [0.25, 0.3) is 0 Å². The van der Waals surface area contributed by atoms with Gasteiger partial charge in [-0.3, -0.25) is 0 Å². The van der Waals surface area contributed by atoms with Gasteiger partial charge in [0.15, 0.2) is 0 Å². The van der Waals surface area contributed by atoms with E-state index in [1.165, 1.54) is 0 Å². The molecule has 0 fully saturated rings. The molecule has 2 atom stereocenters. The third-order valence-electron chi connectivity index (χ3n) is 2.15. The van der Waals surface area contributed by atoms with Crippen molar-refractivity contribution in [2.45, 2.75) is 25.5 Å². The third-order valence-corrected chi connectivity index (χ3v) is 3.11. The van der Waals surface area contributed by atoms with E-state index in [2.05, 4.69) is 15.9 Å². The minimum atomic E-state index is -0.537. The summed E-state index contributed by atoms with van der Waals surface area (Å²) in [7, 11) is 0. The van der Waals surface area contributed by atoms with E-state index in [9.17, 15) is 5.11 Å². The Hall–Kier alpha value is -0.0900. The Labute approximate surface area is 97.2 Å². The van der Waals surface area contributed by atoms with Gasteiger partial charge in [-0.1, -0.05) is 34.5 Å². The van der Waals surface area contributed by atoms with E-state index in [0.717, 1.165) is 10.0 Å². The fourth-order valence-corrected chi connectivity index (χ4v) is 1.92. The molecular weight excluding hydrogens is 265 g/mol. The molecule has 0 spiro atoms. The molecule has 3 N–H and O–H groups in total. The van der Waals surface area contributed by atoms with Gasteiger partial charge in [0.1, 0.15) is 0 Å². The van der Waals surface area contributed by atoms with Crippen LogP contribution >= 0.6 is 27.5 Å². The average Bonchev–Trinajstić information content (AvgIpc) is 2.19. The van der Waals surface area contributed by atoms with Gasteiger partial charge in [0.2, 0.25) is 0 Å². The van der Waals surface area contributed by atoms with Gasteiger partial charge >= 0.3 is 0 Å². The summed E-state index contributed by atoms with van der Waals surface area (Å²) in [5, 5.41) is 10.2. The van der Waals surface area contributed by atoms with Crippen LogP contribution in [0.3, 0.4) is 0 Å². The molecule has 1 aromatic rings. The zero-order chi connectivity index (χ0) is 10.7. The van der Waals surface area contributed by atoms with Gasteiger partial charge in [0, 0.05) is 9.50 Å². The highest BCUT2D eigenvalue weighted by atomic mass is 79.9. The summed E-state index contributed by atoms with van der Waals surface area (Å²) >= 11 is 9.23. The van der Waals surface area contributed by atoms with E-state index in [-0.39, 0.29) is 0 Å². The average molecular weight is 279 g/mol. The van der Waals surface area contributed by atoms with Crippen LogP contribution in [0, 0.1) is 0 Å². The first-order valence-electron chi connectivity index (χ1n) is 4.44. The molecule has 4 heteroatoms. The van der Waals surface area contributed by atoms with Crippen LogP contribution < -0.4 is 5.73 Å². The monoisotopic (exact) mass is 277 g/mol. The van der Waals surface area contributed by atoms with Crippen LogP contribution in [-0.2, 0) is 0 Å². The molecule has 2 nitrogen and oxygen atoms in total. The molecule has 0 aliphatic heterocycles. The Bertz CT molecular complexity index is 319. The largest absolute Gasteiger partial charge is 0.391 e. The number of halogens is 2. The molecule has 14 heavy (non-hydrogen) atoms. The maximum atomic E-state index is 9.61. The summed E-state index contributed by atoms with van der Waals surface area (Å²) in [5.74, 6) is 0. The molecule has 0 radical (unpaired) electrons. The Kier molecular flexibility index (Phi) is 4.38. The summed E-state index contributed by atoms with van der Waals surface area (Å²) in [4.78, 5) is 0. The molecule has 0 aromatic heterocycles. The first-order valence-corrected chi connectivity index (χ1v) is 5.62. The molecule has 78 valence electrons. The lowest BCUT2D eigenvalue weighted by Crippen LogP contribution is -2.25. The van der Waals surface area contributed by atoms with Crippen LogP contribution in [0.2, 0.25) is 5.02 Å². The van der Waals surface area contributed by atoms with Crippen molar-refractivity contribution in [3.63, 3.8) is 0 Å². The van der Waals surface area contributed by atoms with Gasteiger partial charge < -0.3 is 10.8 Å². The molecule has 0 aliphatic rings. The van der Waals surface area contributed by atoms with Gasteiger partial charge in [-0.05, 0) is 30.2 Å². The first kappa shape index (κ1) is 12.0. The van der Waals surface area contributed by atoms with E-state index >= 15 is 0 Å². The van der Waals surface area contributed by atoms with Gasteiger partial charge in [-0.25, -0.2) is 0 Å². The number of rotatable bonds is 3. The number of aliphatic hydroxyl groups excluding tert-OH is 1. The highest BCUT2D eigenvalue weighted by molar-refractivity contribution is 9.10. The standard InChI is InChI=1S/C10H13BrClNO/c1-2-9(14)10(13)7-5-6(12)3-4-8(7)11/h3-5,9-10,14H,2,13H2,1H3/t9-,10+/m0/s1. The van der Waals surface area contributed by atoms with Crippen molar-refractivity contribution in [3.05, 3.63) is 33.3 Å². The Morgan fingerprint density at radius 2 is 2.21 bits per heavy atom. The fourth-order valence-electron chi connectivity index (χ4n) is 1.23. The van der Waals surface area contributed by atoms with Crippen molar-refractivity contribution >= 4 is 27.5 Å². The minimum absolute atomic E-state index is 0.395. The van der Waals surface area contributed by atoms with Crippen molar-refractivity contribution in [3.8, 4) is 0 Å². The van der Waals surface area contributed by atoms with Crippen LogP contribution in [0.15, 0.2) is 22.7 Å². The summed E-state index contributed by atoms with van der Waals surface area (Å²) < 4.78 is 0.877. The van der Waals surface area contributed by atoms with E-state index < -0.39 is 12.1 Å². The molecule has 1 rings (SSSR count). The molecule has 1 aromatic carbocycles. The molecule has 0 bridgehead atoms. The fraction of sp³-hybridized carbons (Fsp3) is 0.400. The SMILES string of the molecule is CC[C@H](O)[C@H](N)c1cc(Cl)ccc1Br. The van der Waals surface area contributed by atoms with Crippen molar-refractivity contribution in [1.29, 1.82) is 0 Å². The summed E-state index contributed by atoms with van der Waals surface area (Å²) in [6, 6.07) is 4.99. The quantitative estimate of drug-likeness (QED) is 0.893. The van der Waals surface area contributed by atoms with E-state index in [0.29, 0.717) is 11.4 Å². The zero-order valence-corrected chi connectivity index (χ0v) is 10.2. The number of benzene rings is 1. The van der Waals surface area contributed by atoms with Crippen LogP contribution in [0.25, 0.3) is 0 Å². The minimum Gasteiger partial charge on any atom is -0.391 e. The number of hydrogen-bond donors (Lipinski definition) is 2. The predicted molar refractivity (Wildman–Crippen MR) is 62.4 cm³/mol. The summed E-state index contributed by atoms with van der Waals surface area (Å²) in [6.07, 6.45) is 0.0879. The Morgan fingerprint density at radius 3 is 2.79 bits per heavy atom. The second kappa shape index (κ2) is 5.12. The van der Waals surface area contributed by atoms with Crippen molar-refractivity contribution in [2.75, 3.05) is 0 Å². The second-order valence-corrected chi connectivity index (χ2v) is 4.46. The third kappa shape index (κ3) is 2.70. The van der Waals surface area contributed by atoms with Gasteiger partial charge in [-0.2, -0.15) is 0 Å². The highest BCUT2D eigenvalue weighted by Crippen LogP contribution is 2.27. The van der Waals surface area contributed by atoms with Crippen molar-refractivity contribution < 1.29 is 5.11 Å². The molecule has 0 aliphatic carbocycles. The van der Waals surface area contributed by atoms with Crippen LogP contribution in [0.4, 0.5) is 0 Å². The van der Waals surface area contributed by atoms with Crippen LogP contribution in [-0.4, -0.2) is 11.2 Å². The number of aliphatic hydroxyl groups is 1.